The van der Waals surface area contributed by atoms with Gasteiger partial charge in [-0.1, -0.05) is 6.07 Å². The summed E-state index contributed by atoms with van der Waals surface area (Å²) in [7, 11) is 0. The van der Waals surface area contributed by atoms with E-state index in [1.54, 1.807) is 6.92 Å². The zero-order valence-corrected chi connectivity index (χ0v) is 15.2. The fourth-order valence-electron chi connectivity index (χ4n) is 2.81. The van der Waals surface area contributed by atoms with Crippen molar-refractivity contribution in [1.82, 2.24) is 0 Å². The zero-order valence-electron chi connectivity index (χ0n) is 14.4. The van der Waals surface area contributed by atoms with Crippen molar-refractivity contribution in [3.63, 3.8) is 0 Å². The fraction of sp³-hybridized carbons (Fsp3) is 0.333. The van der Waals surface area contributed by atoms with Crippen molar-refractivity contribution in [3.05, 3.63) is 55.9 Å². The average Bonchev–Trinajstić information content (AvgIpc) is 3.35. The first kappa shape index (κ1) is 18.1. The molecule has 8 heteroatoms. The molecule has 1 N–H and O–H groups in total. The van der Waals surface area contributed by atoms with E-state index in [0.29, 0.717) is 16.5 Å². The third-order valence-corrected chi connectivity index (χ3v) is 5.20. The highest BCUT2D eigenvalue weighted by Crippen LogP contribution is 2.46. The summed E-state index contributed by atoms with van der Waals surface area (Å²) in [4.78, 5) is 35.6. The number of esters is 1. The van der Waals surface area contributed by atoms with E-state index >= 15 is 0 Å². The normalized spacial score (nSPS) is 13.3. The van der Waals surface area contributed by atoms with Gasteiger partial charge >= 0.3 is 5.97 Å². The van der Waals surface area contributed by atoms with E-state index in [0.717, 1.165) is 18.4 Å². The maximum atomic E-state index is 12.7. The summed E-state index contributed by atoms with van der Waals surface area (Å²) in [5, 5.41) is 16.1. The largest absolute Gasteiger partial charge is 0.462 e. The Labute approximate surface area is 154 Å². The molecule has 1 heterocycles. The molecule has 2 aromatic rings. The van der Waals surface area contributed by atoms with Gasteiger partial charge in [0, 0.05) is 17.2 Å². The average molecular weight is 374 g/mol. The second-order valence-corrected chi connectivity index (χ2v) is 6.93. The highest BCUT2D eigenvalue weighted by Gasteiger charge is 2.32. The van der Waals surface area contributed by atoms with Gasteiger partial charge in [-0.2, -0.15) is 0 Å². The Kier molecular flexibility index (Phi) is 5.03. The number of carbonyl (C=O) groups excluding carboxylic acids is 2. The summed E-state index contributed by atoms with van der Waals surface area (Å²) >= 11 is 1.27. The van der Waals surface area contributed by atoms with E-state index in [-0.39, 0.29) is 23.4 Å². The standard InChI is InChI=1S/C18H18N2O5S/c1-3-25-18(22)15-13(11-7-8-11)9-26-17(15)19-16(21)12-5-4-6-14(10(12)2)20(23)24/h4-6,9,11H,3,7-8H2,1-2H3,(H,19,21). The molecule has 1 aromatic carbocycles. The monoisotopic (exact) mass is 374 g/mol. The zero-order chi connectivity index (χ0) is 18.8. The molecule has 1 amide bonds. The Hall–Kier alpha value is -2.74. The summed E-state index contributed by atoms with van der Waals surface area (Å²) in [6.07, 6.45) is 2.03. The molecule has 3 rings (SSSR count). The van der Waals surface area contributed by atoms with Crippen molar-refractivity contribution < 1.29 is 19.2 Å². The van der Waals surface area contributed by atoms with Crippen LogP contribution in [0.3, 0.4) is 0 Å². The molecule has 1 aliphatic rings. The summed E-state index contributed by atoms with van der Waals surface area (Å²) in [6, 6.07) is 4.35. The number of nitrogens with one attached hydrogen (secondary N) is 1. The van der Waals surface area contributed by atoms with E-state index in [4.69, 9.17) is 4.74 Å². The summed E-state index contributed by atoms with van der Waals surface area (Å²) in [5.41, 5.74) is 1.67. The number of nitrogens with zero attached hydrogens (tertiary/aromatic N) is 1. The highest BCUT2D eigenvalue weighted by molar-refractivity contribution is 7.15. The topological polar surface area (TPSA) is 98.5 Å². The molecule has 136 valence electrons. The van der Waals surface area contributed by atoms with Gasteiger partial charge in [-0.3, -0.25) is 14.9 Å². The van der Waals surface area contributed by atoms with Crippen LogP contribution in [0.25, 0.3) is 0 Å². The lowest BCUT2D eigenvalue weighted by molar-refractivity contribution is -0.385. The van der Waals surface area contributed by atoms with Crippen LogP contribution in [0, 0.1) is 17.0 Å². The number of benzene rings is 1. The van der Waals surface area contributed by atoms with E-state index in [1.807, 2.05) is 5.38 Å². The first-order valence-electron chi connectivity index (χ1n) is 8.27. The summed E-state index contributed by atoms with van der Waals surface area (Å²) < 4.78 is 5.13. The van der Waals surface area contributed by atoms with Crippen LogP contribution in [-0.4, -0.2) is 23.4 Å². The number of carbonyl (C=O) groups is 2. The second-order valence-electron chi connectivity index (χ2n) is 6.05. The first-order valence-corrected chi connectivity index (χ1v) is 9.15. The van der Waals surface area contributed by atoms with Gasteiger partial charge in [0.15, 0.2) is 0 Å². The molecule has 7 nitrogen and oxygen atoms in total. The van der Waals surface area contributed by atoms with Crippen molar-refractivity contribution in [3.8, 4) is 0 Å². The number of hydrogen-bond donors (Lipinski definition) is 1. The molecule has 0 aliphatic heterocycles. The highest BCUT2D eigenvalue weighted by atomic mass is 32.1. The molecule has 26 heavy (non-hydrogen) atoms. The lowest BCUT2D eigenvalue weighted by atomic mass is 10.1. The van der Waals surface area contributed by atoms with Crippen molar-refractivity contribution in [2.75, 3.05) is 11.9 Å². The Balaban J connectivity index is 1.92. The van der Waals surface area contributed by atoms with Crippen LogP contribution in [0.15, 0.2) is 23.6 Å². The van der Waals surface area contributed by atoms with Crippen LogP contribution < -0.4 is 5.32 Å². The number of nitro groups is 1. The lowest BCUT2D eigenvalue weighted by Gasteiger charge is -2.09. The third kappa shape index (κ3) is 3.45. The number of nitro benzene ring substituents is 1. The molecule has 0 unspecified atom stereocenters. The van der Waals surface area contributed by atoms with Crippen molar-refractivity contribution in [2.24, 2.45) is 0 Å². The van der Waals surface area contributed by atoms with Crippen LogP contribution in [0.5, 0.6) is 0 Å². The van der Waals surface area contributed by atoms with Crippen LogP contribution in [-0.2, 0) is 4.74 Å². The third-order valence-electron chi connectivity index (χ3n) is 4.29. The maximum Gasteiger partial charge on any atom is 0.341 e. The Bertz CT molecular complexity index is 886. The Morgan fingerprint density at radius 3 is 2.73 bits per heavy atom. The first-order chi connectivity index (χ1) is 12.4. The molecule has 1 saturated carbocycles. The molecule has 0 spiro atoms. The van der Waals surface area contributed by atoms with Gasteiger partial charge in [0.1, 0.15) is 5.00 Å². The molecule has 0 saturated heterocycles. The number of anilines is 1. The number of rotatable bonds is 6. The number of amides is 1. The minimum Gasteiger partial charge on any atom is -0.462 e. The molecular weight excluding hydrogens is 356 g/mol. The molecule has 1 aromatic heterocycles. The van der Waals surface area contributed by atoms with Crippen LogP contribution in [0.1, 0.15) is 57.5 Å². The van der Waals surface area contributed by atoms with Gasteiger partial charge in [0.05, 0.1) is 17.1 Å². The van der Waals surface area contributed by atoms with Crippen LogP contribution in [0.2, 0.25) is 0 Å². The van der Waals surface area contributed by atoms with Crippen molar-refractivity contribution in [2.45, 2.75) is 32.6 Å². The predicted octanol–water partition coefficient (Wildman–Crippen LogP) is 4.27. The van der Waals surface area contributed by atoms with Gasteiger partial charge in [0.25, 0.3) is 11.6 Å². The molecule has 0 bridgehead atoms. The maximum absolute atomic E-state index is 12.7. The Morgan fingerprint density at radius 1 is 1.38 bits per heavy atom. The number of hydrogen-bond acceptors (Lipinski definition) is 6. The Morgan fingerprint density at radius 2 is 2.12 bits per heavy atom. The minimum absolute atomic E-state index is 0.117. The molecular formula is C18H18N2O5S. The summed E-state index contributed by atoms with van der Waals surface area (Å²) in [6.45, 7) is 3.51. The van der Waals surface area contributed by atoms with Crippen molar-refractivity contribution in [1.29, 1.82) is 0 Å². The van der Waals surface area contributed by atoms with Crippen molar-refractivity contribution >= 4 is 33.9 Å². The smallest absolute Gasteiger partial charge is 0.341 e. The predicted molar refractivity (Wildman–Crippen MR) is 98.0 cm³/mol. The lowest BCUT2D eigenvalue weighted by Crippen LogP contribution is -2.16. The van der Waals surface area contributed by atoms with Crippen LogP contribution >= 0.6 is 11.3 Å². The minimum atomic E-state index is -0.521. The van der Waals surface area contributed by atoms with Gasteiger partial charge < -0.3 is 10.1 Å². The second kappa shape index (κ2) is 7.25. The van der Waals surface area contributed by atoms with Gasteiger partial charge in [-0.15, -0.1) is 11.3 Å². The van der Waals surface area contributed by atoms with E-state index < -0.39 is 16.8 Å². The molecule has 0 radical (unpaired) electrons. The van der Waals surface area contributed by atoms with E-state index in [1.165, 1.54) is 36.5 Å². The summed E-state index contributed by atoms with van der Waals surface area (Å²) in [5.74, 6) is -0.612. The van der Waals surface area contributed by atoms with E-state index in [2.05, 4.69) is 5.32 Å². The fourth-order valence-corrected chi connectivity index (χ4v) is 3.84. The van der Waals surface area contributed by atoms with E-state index in [9.17, 15) is 19.7 Å². The van der Waals surface area contributed by atoms with Gasteiger partial charge in [-0.25, -0.2) is 4.79 Å². The molecule has 1 fully saturated rings. The SMILES string of the molecule is CCOC(=O)c1c(C2CC2)csc1NC(=O)c1cccc([N+](=O)[O-])c1C. The quantitative estimate of drug-likeness (QED) is 0.462. The van der Waals surface area contributed by atoms with Gasteiger partial charge in [0.2, 0.25) is 0 Å². The molecule has 1 aliphatic carbocycles. The number of ether oxygens (including phenoxy) is 1. The number of thiophene rings is 1. The van der Waals surface area contributed by atoms with Crippen LogP contribution in [0.4, 0.5) is 10.7 Å². The molecule has 0 atom stereocenters. The van der Waals surface area contributed by atoms with Gasteiger partial charge in [-0.05, 0) is 49.6 Å².